The molecule has 4 aromatic carbocycles. The molecule has 0 nitrogen and oxygen atoms in total. The lowest BCUT2D eigenvalue weighted by molar-refractivity contribution is 0.384. The fourth-order valence-electron chi connectivity index (χ4n) is 3.82. The Hall–Kier alpha value is -3.04. The Morgan fingerprint density at radius 2 is 0.806 bits per heavy atom. The predicted molar refractivity (Wildman–Crippen MR) is 115 cm³/mol. The smallest absolute Gasteiger partial charge is 0.200 e. The van der Waals surface area contributed by atoms with Crippen LogP contribution < -0.4 is 15.9 Å². The quantitative estimate of drug-likeness (QED) is 0.157. The van der Waals surface area contributed by atoms with E-state index < -0.39 is 41.7 Å². The van der Waals surface area contributed by atoms with Crippen LogP contribution in [0.5, 0.6) is 0 Å². The Balaban J connectivity index is 2.16. The highest BCUT2D eigenvalue weighted by molar-refractivity contribution is 7.95. The van der Waals surface area contributed by atoms with Gasteiger partial charge in [-0.25, -0.2) is 13.2 Å². The van der Waals surface area contributed by atoms with Crippen molar-refractivity contribution in [2.75, 3.05) is 0 Å². The summed E-state index contributed by atoms with van der Waals surface area (Å²) in [7, 11) is -3.32. The van der Waals surface area contributed by atoms with Crippen LogP contribution >= 0.6 is 7.26 Å². The highest BCUT2D eigenvalue weighted by atomic mass is 31.2. The minimum atomic E-state index is -3.32. The first-order valence-electron chi connectivity index (χ1n) is 9.52. The summed E-state index contributed by atoms with van der Waals surface area (Å²) < 4.78 is 73.2. The van der Waals surface area contributed by atoms with Crippen LogP contribution in [0.1, 0.15) is 5.56 Å². The van der Waals surface area contributed by atoms with Crippen LogP contribution in [0.25, 0.3) is 0 Å². The van der Waals surface area contributed by atoms with Crippen LogP contribution in [0.2, 0.25) is 0 Å². The maximum atomic E-state index is 15.3. The monoisotopic (exact) mass is 443 g/mol. The molecule has 0 bridgehead atoms. The first-order valence-corrected chi connectivity index (χ1v) is 11.5. The highest BCUT2D eigenvalue weighted by Gasteiger charge is 2.52. The highest BCUT2D eigenvalue weighted by Crippen LogP contribution is 2.59. The van der Waals surface area contributed by atoms with Crippen molar-refractivity contribution in [3.63, 3.8) is 0 Å². The standard InChI is InChI=1S/C25H17F5P/c26-20-21(27)23(29)25(24(30)22(20)28)31(18-12-6-2-7-13-18,19-14-8-3-9-15-19)16-17-10-4-1-5-11-17/h1-15H,16H2/q+1. The third-order valence-electron chi connectivity index (χ3n) is 5.22. The maximum absolute atomic E-state index is 15.3. The lowest BCUT2D eigenvalue weighted by atomic mass is 10.2. The molecule has 0 saturated carbocycles. The third kappa shape index (κ3) is 3.64. The summed E-state index contributed by atoms with van der Waals surface area (Å²) >= 11 is 0. The average Bonchev–Trinajstić information content (AvgIpc) is 2.82. The molecule has 0 atom stereocenters. The molecule has 0 N–H and O–H groups in total. The molecule has 0 unspecified atom stereocenters. The molecule has 4 rings (SSSR count). The van der Waals surface area contributed by atoms with E-state index in [4.69, 9.17) is 0 Å². The Morgan fingerprint density at radius 3 is 1.23 bits per heavy atom. The molecular weight excluding hydrogens is 426 g/mol. The van der Waals surface area contributed by atoms with Crippen molar-refractivity contribution in [1.29, 1.82) is 0 Å². The van der Waals surface area contributed by atoms with Crippen molar-refractivity contribution in [2.24, 2.45) is 0 Å². The van der Waals surface area contributed by atoms with Crippen LogP contribution in [0, 0.1) is 29.1 Å². The zero-order valence-electron chi connectivity index (χ0n) is 16.2. The first kappa shape index (κ1) is 21.2. The van der Waals surface area contributed by atoms with Gasteiger partial charge in [-0.05, 0) is 29.8 Å². The molecule has 4 aromatic rings. The van der Waals surface area contributed by atoms with Crippen molar-refractivity contribution in [3.8, 4) is 0 Å². The summed E-state index contributed by atoms with van der Waals surface area (Å²) in [6, 6.07) is 25.9. The molecule has 0 aliphatic rings. The van der Waals surface area contributed by atoms with Gasteiger partial charge in [0, 0.05) is 0 Å². The van der Waals surface area contributed by atoms with Crippen LogP contribution in [-0.4, -0.2) is 0 Å². The molecule has 0 heterocycles. The van der Waals surface area contributed by atoms with Gasteiger partial charge in [0.15, 0.2) is 5.30 Å². The lowest BCUT2D eigenvalue weighted by Gasteiger charge is -2.28. The lowest BCUT2D eigenvalue weighted by Crippen LogP contribution is -2.37. The summed E-state index contributed by atoms with van der Waals surface area (Å²) in [6.45, 7) is 0. The summed E-state index contributed by atoms with van der Waals surface area (Å²) in [4.78, 5) is 0. The molecule has 0 aromatic heterocycles. The summed E-state index contributed by atoms with van der Waals surface area (Å²) in [6.07, 6.45) is 0.0974. The minimum absolute atomic E-state index is 0.0974. The number of rotatable bonds is 5. The van der Waals surface area contributed by atoms with Crippen LogP contribution in [0.4, 0.5) is 22.0 Å². The van der Waals surface area contributed by atoms with E-state index >= 15 is 8.78 Å². The van der Waals surface area contributed by atoms with E-state index in [0.717, 1.165) is 5.56 Å². The number of hydrogen-bond acceptors (Lipinski definition) is 0. The second-order valence-electron chi connectivity index (χ2n) is 7.04. The largest absolute Gasteiger partial charge is 0.207 e. The minimum Gasteiger partial charge on any atom is -0.200 e. The second-order valence-corrected chi connectivity index (χ2v) is 10.5. The normalized spacial score (nSPS) is 11.5. The Morgan fingerprint density at radius 1 is 0.452 bits per heavy atom. The van der Waals surface area contributed by atoms with Gasteiger partial charge in [-0.2, -0.15) is 8.78 Å². The maximum Gasteiger partial charge on any atom is 0.207 e. The van der Waals surface area contributed by atoms with Crippen molar-refractivity contribution in [1.82, 2.24) is 0 Å². The molecular formula is C25H17F5P+. The topological polar surface area (TPSA) is 0 Å². The summed E-state index contributed by atoms with van der Waals surface area (Å²) in [5.74, 6) is -9.59. The van der Waals surface area contributed by atoms with E-state index in [0.29, 0.717) is 10.6 Å². The summed E-state index contributed by atoms with van der Waals surface area (Å²) in [5.41, 5.74) is 0.729. The Labute approximate surface area is 177 Å². The summed E-state index contributed by atoms with van der Waals surface area (Å²) in [5, 5.41) is 0.284. The van der Waals surface area contributed by atoms with Gasteiger partial charge in [0.2, 0.25) is 29.1 Å². The third-order valence-corrected chi connectivity index (χ3v) is 9.58. The van der Waals surface area contributed by atoms with Gasteiger partial charge in [-0.15, -0.1) is 0 Å². The van der Waals surface area contributed by atoms with E-state index in [2.05, 4.69) is 0 Å². The second kappa shape index (κ2) is 8.60. The molecule has 0 fully saturated rings. The molecule has 0 aliphatic heterocycles. The van der Waals surface area contributed by atoms with E-state index in [9.17, 15) is 13.2 Å². The molecule has 0 saturated heterocycles. The van der Waals surface area contributed by atoms with Gasteiger partial charge in [-0.3, -0.25) is 0 Å². The fraction of sp³-hybridized carbons (Fsp3) is 0.0400. The molecule has 156 valence electrons. The zero-order chi connectivity index (χ0) is 22.0. The van der Waals surface area contributed by atoms with Gasteiger partial charge in [0.05, 0.1) is 6.16 Å². The van der Waals surface area contributed by atoms with Crippen molar-refractivity contribution in [2.45, 2.75) is 6.16 Å². The van der Waals surface area contributed by atoms with Crippen LogP contribution in [0.15, 0.2) is 91.0 Å². The predicted octanol–water partition coefficient (Wildman–Crippen LogP) is 5.88. The fourth-order valence-corrected chi connectivity index (χ4v) is 8.14. The molecule has 0 spiro atoms. The van der Waals surface area contributed by atoms with Crippen molar-refractivity contribution >= 4 is 23.2 Å². The Bertz CT molecular complexity index is 1130. The van der Waals surface area contributed by atoms with Crippen LogP contribution in [-0.2, 0) is 6.16 Å². The van der Waals surface area contributed by atoms with Gasteiger partial charge in [-0.1, -0.05) is 66.7 Å². The number of benzene rings is 4. The van der Waals surface area contributed by atoms with E-state index in [-0.39, 0.29) is 6.16 Å². The molecule has 31 heavy (non-hydrogen) atoms. The molecule has 6 heteroatoms. The molecule has 0 radical (unpaired) electrons. The first-order chi connectivity index (χ1) is 15.0. The number of halogens is 5. The van der Waals surface area contributed by atoms with Crippen molar-refractivity contribution < 1.29 is 22.0 Å². The van der Waals surface area contributed by atoms with Gasteiger partial charge >= 0.3 is 0 Å². The van der Waals surface area contributed by atoms with Gasteiger partial charge < -0.3 is 0 Å². The molecule has 0 amide bonds. The Kier molecular flexibility index (Phi) is 5.88. The average molecular weight is 443 g/mol. The zero-order valence-corrected chi connectivity index (χ0v) is 17.1. The van der Waals surface area contributed by atoms with Crippen LogP contribution in [0.3, 0.4) is 0 Å². The number of hydrogen-bond donors (Lipinski definition) is 0. The van der Waals surface area contributed by atoms with E-state index in [1.807, 2.05) is 0 Å². The van der Waals surface area contributed by atoms with Gasteiger partial charge in [0.25, 0.3) is 0 Å². The van der Waals surface area contributed by atoms with Crippen molar-refractivity contribution in [3.05, 3.63) is 126 Å². The molecule has 0 aliphatic carbocycles. The SMILES string of the molecule is Fc1c(F)c(F)c([P+](Cc2ccccc2)(c2ccccc2)c2ccccc2)c(F)c1F. The van der Waals surface area contributed by atoms with E-state index in [1.165, 1.54) is 0 Å². The van der Waals surface area contributed by atoms with E-state index in [1.54, 1.807) is 91.0 Å². The van der Waals surface area contributed by atoms with Gasteiger partial charge in [0.1, 0.15) is 17.9 Å².